The first-order valence-corrected chi connectivity index (χ1v) is 7.75. The average molecular weight is 281 g/mol. The number of aromatic nitrogens is 1. The van der Waals surface area contributed by atoms with Crippen LogP contribution in [-0.4, -0.2) is 34.7 Å². The Labute approximate surface area is 117 Å². The highest BCUT2D eigenvalue weighted by Gasteiger charge is 2.38. The Bertz CT molecular complexity index is 466. The molecule has 0 bridgehead atoms. The van der Waals surface area contributed by atoms with E-state index in [0.29, 0.717) is 12.4 Å². The van der Waals surface area contributed by atoms with Gasteiger partial charge >= 0.3 is 0 Å². The molecule has 19 heavy (non-hydrogen) atoms. The van der Waals surface area contributed by atoms with Crippen molar-refractivity contribution in [3.8, 4) is 0 Å². The van der Waals surface area contributed by atoms with Gasteiger partial charge in [-0.2, -0.15) is 0 Å². The number of thioether (sulfide) groups is 1. The van der Waals surface area contributed by atoms with Gasteiger partial charge in [-0.15, -0.1) is 0 Å². The Morgan fingerprint density at radius 2 is 2.32 bits per heavy atom. The largest absolute Gasteiger partial charge is 0.444 e. The second-order valence-electron chi connectivity index (χ2n) is 5.00. The van der Waals surface area contributed by atoms with Crippen LogP contribution in [-0.2, 0) is 17.7 Å². The fraction of sp³-hybridized carbons (Fsp3) is 0.692. The van der Waals surface area contributed by atoms with E-state index in [-0.39, 0.29) is 5.54 Å². The van der Waals surface area contributed by atoms with E-state index in [0.717, 1.165) is 49.2 Å². The molecule has 6 heteroatoms. The van der Waals surface area contributed by atoms with Crippen LogP contribution < -0.4 is 5.32 Å². The lowest BCUT2D eigenvalue weighted by Gasteiger charge is -2.32. The monoisotopic (exact) mass is 281 g/mol. The molecule has 2 fully saturated rings. The minimum absolute atomic E-state index is 0.201. The van der Waals surface area contributed by atoms with Crippen LogP contribution in [0.25, 0.3) is 0 Å². The van der Waals surface area contributed by atoms with Crippen molar-refractivity contribution in [1.29, 1.82) is 0 Å². The Morgan fingerprint density at radius 1 is 1.47 bits per heavy atom. The lowest BCUT2D eigenvalue weighted by Crippen LogP contribution is -2.48. The molecule has 2 saturated heterocycles. The number of hydrogen-bond donors (Lipinski definition) is 1. The van der Waals surface area contributed by atoms with Gasteiger partial charge in [0, 0.05) is 25.4 Å². The maximum absolute atomic E-state index is 5.55. The van der Waals surface area contributed by atoms with Crippen LogP contribution in [0.2, 0.25) is 0 Å². The standard InChI is InChI=1S/C13H19N3O2S/c1-2-10-7-14-11(18-10)8-15-12-16-13(9-19-12)3-5-17-6-4-13/h7H,2-6,8-9H2,1H3,(H,15,16). The van der Waals surface area contributed by atoms with Gasteiger partial charge in [-0.05, 0) is 12.8 Å². The van der Waals surface area contributed by atoms with Gasteiger partial charge in [0.15, 0.2) is 5.17 Å². The van der Waals surface area contributed by atoms with Crippen molar-refractivity contribution >= 4 is 16.9 Å². The minimum Gasteiger partial charge on any atom is -0.444 e. The van der Waals surface area contributed by atoms with Crippen molar-refractivity contribution in [3.05, 3.63) is 17.8 Å². The van der Waals surface area contributed by atoms with Gasteiger partial charge in [-0.1, -0.05) is 18.7 Å². The van der Waals surface area contributed by atoms with Crippen molar-refractivity contribution in [3.63, 3.8) is 0 Å². The predicted octanol–water partition coefficient (Wildman–Crippen LogP) is 1.98. The maximum atomic E-state index is 5.55. The summed E-state index contributed by atoms with van der Waals surface area (Å²) < 4.78 is 11.0. The van der Waals surface area contributed by atoms with E-state index in [1.54, 1.807) is 18.0 Å². The van der Waals surface area contributed by atoms with E-state index >= 15 is 0 Å². The molecule has 1 aromatic rings. The van der Waals surface area contributed by atoms with Crippen LogP contribution >= 0.6 is 11.8 Å². The first kappa shape index (κ1) is 13.0. The summed E-state index contributed by atoms with van der Waals surface area (Å²) in [6, 6.07) is 0. The molecule has 0 radical (unpaired) electrons. The zero-order valence-electron chi connectivity index (χ0n) is 11.1. The molecule has 0 aromatic carbocycles. The van der Waals surface area contributed by atoms with E-state index < -0.39 is 0 Å². The number of nitrogens with zero attached hydrogens (tertiary/aromatic N) is 2. The molecule has 0 amide bonds. The Balaban J connectivity index is 1.59. The van der Waals surface area contributed by atoms with Gasteiger partial charge < -0.3 is 14.5 Å². The third kappa shape index (κ3) is 2.95. The van der Waals surface area contributed by atoms with E-state index in [1.807, 2.05) is 0 Å². The molecule has 0 saturated carbocycles. The Hall–Kier alpha value is -1.01. The number of amidine groups is 1. The summed E-state index contributed by atoms with van der Waals surface area (Å²) in [6.45, 7) is 4.27. The highest BCUT2D eigenvalue weighted by Crippen LogP contribution is 2.31. The second kappa shape index (κ2) is 5.54. The van der Waals surface area contributed by atoms with Crippen LogP contribution in [0.5, 0.6) is 0 Å². The van der Waals surface area contributed by atoms with E-state index in [4.69, 9.17) is 9.15 Å². The molecule has 2 aliphatic rings. The van der Waals surface area contributed by atoms with Gasteiger partial charge in [0.25, 0.3) is 0 Å². The Kier molecular flexibility index (Phi) is 3.79. The SMILES string of the molecule is CCc1cnc(CN=C2NC3(CCOCC3)CS2)o1. The molecule has 3 heterocycles. The molecular weight excluding hydrogens is 262 g/mol. The van der Waals surface area contributed by atoms with Crippen molar-refractivity contribution < 1.29 is 9.15 Å². The molecule has 0 unspecified atom stereocenters. The van der Waals surface area contributed by atoms with Crippen LogP contribution in [0.1, 0.15) is 31.4 Å². The van der Waals surface area contributed by atoms with E-state index in [9.17, 15) is 0 Å². The summed E-state index contributed by atoms with van der Waals surface area (Å²) in [5.74, 6) is 2.70. The van der Waals surface area contributed by atoms with Crippen molar-refractivity contribution in [2.24, 2.45) is 4.99 Å². The molecule has 0 atom stereocenters. The zero-order chi connectivity index (χ0) is 13.1. The molecular formula is C13H19N3O2S. The smallest absolute Gasteiger partial charge is 0.216 e. The quantitative estimate of drug-likeness (QED) is 0.918. The van der Waals surface area contributed by atoms with Gasteiger partial charge in [-0.25, -0.2) is 4.98 Å². The molecule has 3 rings (SSSR count). The van der Waals surface area contributed by atoms with Crippen molar-refractivity contribution in [2.45, 2.75) is 38.3 Å². The second-order valence-corrected chi connectivity index (χ2v) is 5.97. The topological polar surface area (TPSA) is 59.7 Å². The summed E-state index contributed by atoms with van der Waals surface area (Å²) in [5.41, 5.74) is 0.201. The molecule has 2 aliphatic heterocycles. The van der Waals surface area contributed by atoms with Crippen LogP contribution in [0.3, 0.4) is 0 Å². The molecule has 1 N–H and O–H groups in total. The number of ether oxygens (including phenoxy) is 1. The number of nitrogens with one attached hydrogen (secondary N) is 1. The van der Waals surface area contributed by atoms with Gasteiger partial charge in [0.2, 0.25) is 5.89 Å². The summed E-state index contributed by atoms with van der Waals surface area (Å²) in [4.78, 5) is 8.78. The van der Waals surface area contributed by atoms with Gasteiger partial charge in [0.05, 0.1) is 11.7 Å². The highest BCUT2D eigenvalue weighted by molar-refractivity contribution is 8.14. The van der Waals surface area contributed by atoms with Crippen LogP contribution in [0, 0.1) is 0 Å². The van der Waals surface area contributed by atoms with E-state index in [1.165, 1.54) is 0 Å². The normalized spacial score (nSPS) is 23.9. The highest BCUT2D eigenvalue weighted by atomic mass is 32.2. The number of rotatable bonds is 3. The molecule has 1 aromatic heterocycles. The van der Waals surface area contributed by atoms with Crippen molar-refractivity contribution in [2.75, 3.05) is 19.0 Å². The lowest BCUT2D eigenvalue weighted by atomic mass is 9.93. The molecule has 0 aliphatic carbocycles. The summed E-state index contributed by atoms with van der Waals surface area (Å²) in [6.07, 6.45) is 4.79. The first-order valence-electron chi connectivity index (χ1n) is 6.76. The molecule has 5 nitrogen and oxygen atoms in total. The van der Waals surface area contributed by atoms with Crippen molar-refractivity contribution in [1.82, 2.24) is 10.3 Å². The zero-order valence-corrected chi connectivity index (χ0v) is 12.0. The number of hydrogen-bond acceptors (Lipinski definition) is 5. The summed E-state index contributed by atoms with van der Waals surface area (Å²) in [5, 5.41) is 4.57. The molecule has 1 spiro atoms. The fourth-order valence-electron chi connectivity index (χ4n) is 2.35. The third-order valence-corrected chi connectivity index (χ3v) is 4.82. The average Bonchev–Trinajstić information content (AvgIpc) is 3.05. The minimum atomic E-state index is 0.201. The fourth-order valence-corrected chi connectivity index (χ4v) is 3.56. The molecule has 104 valence electrons. The summed E-state index contributed by atoms with van der Waals surface area (Å²) >= 11 is 1.79. The first-order chi connectivity index (χ1) is 9.30. The van der Waals surface area contributed by atoms with Crippen LogP contribution in [0.15, 0.2) is 15.6 Å². The van der Waals surface area contributed by atoms with Gasteiger partial charge in [-0.3, -0.25) is 4.99 Å². The summed E-state index contributed by atoms with van der Waals surface area (Å²) in [7, 11) is 0. The number of aryl methyl sites for hydroxylation is 1. The maximum Gasteiger partial charge on any atom is 0.216 e. The number of oxazole rings is 1. The third-order valence-electron chi connectivity index (χ3n) is 3.62. The number of aliphatic imine (C=N–C) groups is 1. The predicted molar refractivity (Wildman–Crippen MR) is 75.4 cm³/mol. The Morgan fingerprint density at radius 3 is 3.05 bits per heavy atom. The van der Waals surface area contributed by atoms with E-state index in [2.05, 4.69) is 22.2 Å². The lowest BCUT2D eigenvalue weighted by molar-refractivity contribution is 0.0555. The van der Waals surface area contributed by atoms with Gasteiger partial charge in [0.1, 0.15) is 12.3 Å². The van der Waals surface area contributed by atoms with Crippen LogP contribution in [0.4, 0.5) is 0 Å².